The first kappa shape index (κ1) is 14.3. The molecule has 0 saturated heterocycles. The molecule has 0 aliphatic heterocycles. The highest BCUT2D eigenvalue weighted by atomic mass is 16.3. The lowest BCUT2D eigenvalue weighted by Crippen LogP contribution is -2.27. The normalized spacial score (nSPS) is 10.8. The van der Waals surface area contributed by atoms with Crippen molar-refractivity contribution >= 4 is 5.91 Å². The van der Waals surface area contributed by atoms with Crippen LogP contribution in [0.15, 0.2) is 47.1 Å². The van der Waals surface area contributed by atoms with Gasteiger partial charge in [0.15, 0.2) is 0 Å². The Bertz CT molecular complexity index is 530. The molecular weight excluding hydrogens is 252 g/mol. The van der Waals surface area contributed by atoms with Gasteiger partial charge in [0, 0.05) is 17.7 Å². The zero-order valence-corrected chi connectivity index (χ0v) is 11.9. The summed E-state index contributed by atoms with van der Waals surface area (Å²) in [7, 11) is 4.05. The summed E-state index contributed by atoms with van der Waals surface area (Å²) < 4.78 is 5.32. The van der Waals surface area contributed by atoms with Gasteiger partial charge in [0.1, 0.15) is 5.76 Å². The number of hydrogen-bond acceptors (Lipinski definition) is 3. The van der Waals surface area contributed by atoms with Gasteiger partial charge in [0.05, 0.1) is 6.26 Å². The highest BCUT2D eigenvalue weighted by Crippen LogP contribution is 2.19. The lowest BCUT2D eigenvalue weighted by atomic mass is 10.1. The van der Waals surface area contributed by atoms with Crippen LogP contribution in [0, 0.1) is 0 Å². The van der Waals surface area contributed by atoms with Gasteiger partial charge in [-0.25, -0.2) is 0 Å². The Morgan fingerprint density at radius 3 is 2.55 bits per heavy atom. The third-order valence-electron chi connectivity index (χ3n) is 3.02. The maximum absolute atomic E-state index is 11.9. The molecule has 1 N–H and O–H groups in total. The zero-order chi connectivity index (χ0) is 14.4. The molecule has 4 nitrogen and oxygen atoms in total. The summed E-state index contributed by atoms with van der Waals surface area (Å²) in [5.74, 6) is 0.776. The van der Waals surface area contributed by atoms with Crippen LogP contribution in [0.3, 0.4) is 0 Å². The van der Waals surface area contributed by atoms with Gasteiger partial charge in [0.2, 0.25) is 0 Å². The predicted molar refractivity (Wildman–Crippen MR) is 79.6 cm³/mol. The Balaban J connectivity index is 1.88. The van der Waals surface area contributed by atoms with Crippen LogP contribution in [0.2, 0.25) is 0 Å². The number of rotatable bonds is 6. The summed E-state index contributed by atoms with van der Waals surface area (Å²) in [5.41, 5.74) is 1.64. The summed E-state index contributed by atoms with van der Waals surface area (Å²) in [6, 6.07) is 11.2. The van der Waals surface area contributed by atoms with Crippen LogP contribution >= 0.6 is 0 Å². The van der Waals surface area contributed by atoms with Gasteiger partial charge >= 0.3 is 0 Å². The Hall–Kier alpha value is -2.07. The molecule has 0 saturated carbocycles. The minimum absolute atomic E-state index is 0.0326. The molecular formula is C16H20N2O2. The molecule has 1 aromatic heterocycles. The molecule has 0 fully saturated rings. The maximum atomic E-state index is 11.9. The van der Waals surface area contributed by atoms with Gasteiger partial charge in [-0.05, 0) is 51.3 Å². The first-order valence-electron chi connectivity index (χ1n) is 6.73. The van der Waals surface area contributed by atoms with E-state index in [4.69, 9.17) is 4.42 Å². The molecule has 0 unspecified atom stereocenters. The van der Waals surface area contributed by atoms with Crippen LogP contribution in [-0.2, 0) is 0 Å². The molecule has 2 aromatic rings. The number of nitrogens with zero attached hydrogens (tertiary/aromatic N) is 1. The van der Waals surface area contributed by atoms with Crippen molar-refractivity contribution in [2.75, 3.05) is 27.2 Å². The third kappa shape index (κ3) is 3.96. The third-order valence-corrected chi connectivity index (χ3v) is 3.02. The molecule has 106 valence electrons. The van der Waals surface area contributed by atoms with E-state index < -0.39 is 0 Å². The zero-order valence-electron chi connectivity index (χ0n) is 11.9. The number of carbonyl (C=O) groups excluding carboxylic acids is 1. The van der Waals surface area contributed by atoms with Gasteiger partial charge in [-0.15, -0.1) is 0 Å². The summed E-state index contributed by atoms with van der Waals surface area (Å²) in [4.78, 5) is 14.0. The Morgan fingerprint density at radius 2 is 1.95 bits per heavy atom. The number of furan rings is 1. The van der Waals surface area contributed by atoms with E-state index in [1.165, 1.54) is 0 Å². The van der Waals surface area contributed by atoms with Crippen LogP contribution in [0.25, 0.3) is 11.3 Å². The fraction of sp³-hybridized carbons (Fsp3) is 0.312. The molecule has 2 rings (SSSR count). The molecule has 1 aromatic carbocycles. The first-order valence-corrected chi connectivity index (χ1v) is 6.73. The molecule has 0 aliphatic rings. The van der Waals surface area contributed by atoms with E-state index >= 15 is 0 Å². The SMILES string of the molecule is CN(C)CCCNC(=O)c1ccc(-c2ccco2)cc1. The fourth-order valence-corrected chi connectivity index (χ4v) is 1.93. The lowest BCUT2D eigenvalue weighted by molar-refractivity contribution is 0.0952. The average Bonchev–Trinajstić information content (AvgIpc) is 2.97. The van der Waals surface area contributed by atoms with E-state index in [-0.39, 0.29) is 5.91 Å². The minimum atomic E-state index is -0.0326. The molecule has 4 heteroatoms. The van der Waals surface area contributed by atoms with Crippen LogP contribution in [0.1, 0.15) is 16.8 Å². The summed E-state index contributed by atoms with van der Waals surface area (Å²) in [6.07, 6.45) is 2.59. The van der Waals surface area contributed by atoms with Gasteiger partial charge in [-0.1, -0.05) is 12.1 Å². The highest BCUT2D eigenvalue weighted by molar-refractivity contribution is 5.94. The predicted octanol–water partition coefficient (Wildman–Crippen LogP) is 2.63. The molecule has 1 heterocycles. The van der Waals surface area contributed by atoms with Gasteiger partial charge in [-0.3, -0.25) is 4.79 Å². The molecule has 20 heavy (non-hydrogen) atoms. The second kappa shape index (κ2) is 6.91. The van der Waals surface area contributed by atoms with E-state index in [0.29, 0.717) is 12.1 Å². The van der Waals surface area contributed by atoms with Crippen molar-refractivity contribution in [3.8, 4) is 11.3 Å². The van der Waals surface area contributed by atoms with E-state index in [1.54, 1.807) is 6.26 Å². The Labute approximate surface area is 119 Å². The quantitative estimate of drug-likeness (QED) is 0.822. The summed E-state index contributed by atoms with van der Waals surface area (Å²) in [5, 5.41) is 2.92. The van der Waals surface area contributed by atoms with Crippen molar-refractivity contribution < 1.29 is 9.21 Å². The van der Waals surface area contributed by atoms with Crippen LogP contribution in [0.5, 0.6) is 0 Å². The number of nitrogens with one attached hydrogen (secondary N) is 1. The van der Waals surface area contributed by atoms with Crippen LogP contribution in [-0.4, -0.2) is 38.0 Å². The first-order chi connectivity index (χ1) is 9.66. The number of amides is 1. The molecule has 0 aliphatic carbocycles. The number of benzene rings is 1. The van der Waals surface area contributed by atoms with E-state index in [2.05, 4.69) is 10.2 Å². The van der Waals surface area contributed by atoms with Crippen molar-refractivity contribution in [2.24, 2.45) is 0 Å². The Kier molecular flexibility index (Phi) is 4.96. The van der Waals surface area contributed by atoms with Gasteiger partial charge in [0.25, 0.3) is 5.91 Å². The smallest absolute Gasteiger partial charge is 0.251 e. The highest BCUT2D eigenvalue weighted by Gasteiger charge is 2.06. The lowest BCUT2D eigenvalue weighted by Gasteiger charge is -2.10. The standard InChI is InChI=1S/C16H20N2O2/c1-18(2)11-4-10-17-16(19)14-8-6-13(7-9-14)15-5-3-12-20-15/h3,5-9,12H,4,10-11H2,1-2H3,(H,17,19). The topological polar surface area (TPSA) is 45.5 Å². The maximum Gasteiger partial charge on any atom is 0.251 e. The fourth-order valence-electron chi connectivity index (χ4n) is 1.93. The second-order valence-electron chi connectivity index (χ2n) is 4.97. The molecule has 1 amide bonds. The molecule has 0 bridgehead atoms. The van der Waals surface area contributed by atoms with Crippen molar-refractivity contribution in [1.82, 2.24) is 10.2 Å². The summed E-state index contributed by atoms with van der Waals surface area (Å²) in [6.45, 7) is 1.66. The van der Waals surface area contributed by atoms with E-state index in [1.807, 2.05) is 50.5 Å². The largest absolute Gasteiger partial charge is 0.464 e. The summed E-state index contributed by atoms with van der Waals surface area (Å²) >= 11 is 0. The average molecular weight is 272 g/mol. The minimum Gasteiger partial charge on any atom is -0.464 e. The second-order valence-corrected chi connectivity index (χ2v) is 4.97. The Morgan fingerprint density at radius 1 is 1.20 bits per heavy atom. The van der Waals surface area contributed by atoms with Crippen molar-refractivity contribution in [3.63, 3.8) is 0 Å². The molecule has 0 atom stereocenters. The van der Waals surface area contributed by atoms with Gasteiger partial charge < -0.3 is 14.6 Å². The molecule has 0 spiro atoms. The number of hydrogen-bond donors (Lipinski definition) is 1. The van der Waals surface area contributed by atoms with Gasteiger partial charge in [-0.2, -0.15) is 0 Å². The van der Waals surface area contributed by atoms with Crippen LogP contribution < -0.4 is 5.32 Å². The monoisotopic (exact) mass is 272 g/mol. The van der Waals surface area contributed by atoms with Crippen molar-refractivity contribution in [1.29, 1.82) is 0 Å². The number of carbonyl (C=O) groups is 1. The van der Waals surface area contributed by atoms with Crippen molar-refractivity contribution in [2.45, 2.75) is 6.42 Å². The van der Waals surface area contributed by atoms with Crippen LogP contribution in [0.4, 0.5) is 0 Å². The van der Waals surface area contributed by atoms with E-state index in [0.717, 1.165) is 24.3 Å². The van der Waals surface area contributed by atoms with E-state index in [9.17, 15) is 4.79 Å². The molecule has 0 radical (unpaired) electrons. The van der Waals surface area contributed by atoms with Crippen molar-refractivity contribution in [3.05, 3.63) is 48.2 Å².